The van der Waals surface area contributed by atoms with E-state index in [0.717, 1.165) is 29.5 Å². The Kier molecular flexibility index (Phi) is 3.94. The fourth-order valence-corrected chi connectivity index (χ4v) is 3.26. The van der Waals surface area contributed by atoms with Gasteiger partial charge in [-0.15, -0.1) is 0 Å². The summed E-state index contributed by atoms with van der Waals surface area (Å²) in [5, 5.41) is 24.2. The minimum absolute atomic E-state index is 0.314. The third kappa shape index (κ3) is 2.74. The van der Waals surface area contributed by atoms with E-state index in [-0.39, 0.29) is 0 Å². The van der Waals surface area contributed by atoms with Gasteiger partial charge in [0.25, 0.3) is 0 Å². The zero-order valence-corrected chi connectivity index (χ0v) is 13.2. The van der Waals surface area contributed by atoms with Crippen molar-refractivity contribution in [2.45, 2.75) is 38.8 Å². The number of fused-ring (bicyclic) bond motifs is 1. The van der Waals surface area contributed by atoms with Gasteiger partial charge in [-0.2, -0.15) is 0 Å². The van der Waals surface area contributed by atoms with E-state index >= 15 is 0 Å². The summed E-state index contributed by atoms with van der Waals surface area (Å²) >= 11 is 0. The molecule has 0 aliphatic heterocycles. The lowest BCUT2D eigenvalue weighted by Crippen LogP contribution is -2.36. The van der Waals surface area contributed by atoms with Crippen LogP contribution in [0.25, 0.3) is 0 Å². The Morgan fingerprint density at radius 2 is 1.86 bits per heavy atom. The molecule has 0 saturated carbocycles. The number of aryl methyl sites for hydroxylation is 3. The molecule has 0 heterocycles. The van der Waals surface area contributed by atoms with Crippen molar-refractivity contribution < 1.29 is 10.2 Å². The second-order valence-corrected chi connectivity index (χ2v) is 6.36. The average Bonchev–Trinajstić information content (AvgIpc) is 2.83. The SMILES string of the molecule is Cc1cc(O)c(CNCC2(O)CCc3ccccc32)cc1C. The number of phenols is 1. The zero-order valence-electron chi connectivity index (χ0n) is 13.2. The van der Waals surface area contributed by atoms with Gasteiger partial charge in [-0.3, -0.25) is 0 Å². The van der Waals surface area contributed by atoms with Crippen molar-refractivity contribution in [3.05, 3.63) is 64.2 Å². The van der Waals surface area contributed by atoms with Gasteiger partial charge in [0, 0.05) is 18.7 Å². The predicted octanol–water partition coefficient (Wildman–Crippen LogP) is 2.93. The van der Waals surface area contributed by atoms with Crippen LogP contribution in [0.4, 0.5) is 0 Å². The highest BCUT2D eigenvalue weighted by Gasteiger charge is 2.35. The number of hydrogen-bond donors (Lipinski definition) is 3. The molecule has 1 atom stereocenters. The van der Waals surface area contributed by atoms with E-state index in [1.165, 1.54) is 11.1 Å². The Balaban J connectivity index is 1.68. The maximum absolute atomic E-state index is 10.9. The number of aromatic hydroxyl groups is 1. The Hall–Kier alpha value is -1.84. The van der Waals surface area contributed by atoms with Crippen LogP contribution in [0.15, 0.2) is 36.4 Å². The van der Waals surface area contributed by atoms with Gasteiger partial charge in [-0.05, 0) is 55.0 Å². The highest BCUT2D eigenvalue weighted by molar-refractivity contribution is 5.41. The van der Waals surface area contributed by atoms with E-state index in [2.05, 4.69) is 11.4 Å². The molecule has 0 bridgehead atoms. The van der Waals surface area contributed by atoms with Gasteiger partial charge in [-0.1, -0.05) is 30.3 Å². The van der Waals surface area contributed by atoms with Crippen LogP contribution in [-0.4, -0.2) is 16.8 Å². The molecular formula is C19H23NO2. The van der Waals surface area contributed by atoms with Crippen LogP contribution in [-0.2, 0) is 18.6 Å². The molecule has 0 fully saturated rings. The summed E-state index contributed by atoms with van der Waals surface area (Å²) in [6.07, 6.45) is 1.67. The first-order chi connectivity index (χ1) is 10.5. The van der Waals surface area contributed by atoms with Gasteiger partial charge in [0.2, 0.25) is 0 Å². The van der Waals surface area contributed by atoms with Gasteiger partial charge in [-0.25, -0.2) is 0 Å². The average molecular weight is 297 g/mol. The van der Waals surface area contributed by atoms with Crippen molar-refractivity contribution in [3.8, 4) is 5.75 Å². The number of nitrogens with one attached hydrogen (secondary N) is 1. The Labute approximate surface area is 131 Å². The van der Waals surface area contributed by atoms with Gasteiger partial charge in [0.15, 0.2) is 0 Å². The second kappa shape index (κ2) is 5.75. The molecule has 1 aliphatic rings. The second-order valence-electron chi connectivity index (χ2n) is 6.36. The van der Waals surface area contributed by atoms with Crippen LogP contribution >= 0.6 is 0 Å². The molecule has 3 N–H and O–H groups in total. The lowest BCUT2D eigenvalue weighted by atomic mass is 9.96. The number of phenolic OH excluding ortho intramolecular Hbond substituents is 1. The molecule has 3 nitrogen and oxygen atoms in total. The third-order valence-corrected chi connectivity index (χ3v) is 4.75. The summed E-state index contributed by atoms with van der Waals surface area (Å²) < 4.78 is 0. The van der Waals surface area contributed by atoms with Gasteiger partial charge >= 0.3 is 0 Å². The molecule has 2 aromatic rings. The van der Waals surface area contributed by atoms with E-state index in [4.69, 9.17) is 0 Å². The summed E-state index contributed by atoms with van der Waals surface area (Å²) in [5.41, 5.74) is 4.60. The van der Waals surface area contributed by atoms with Crippen molar-refractivity contribution in [1.82, 2.24) is 5.32 Å². The zero-order chi connectivity index (χ0) is 15.7. The van der Waals surface area contributed by atoms with Crippen molar-refractivity contribution in [2.24, 2.45) is 0 Å². The number of hydrogen-bond acceptors (Lipinski definition) is 3. The molecule has 1 unspecified atom stereocenters. The summed E-state index contributed by atoms with van der Waals surface area (Å²) in [7, 11) is 0. The van der Waals surface area contributed by atoms with Crippen LogP contribution in [0.1, 0.15) is 34.2 Å². The monoisotopic (exact) mass is 297 g/mol. The topological polar surface area (TPSA) is 52.5 Å². The van der Waals surface area contributed by atoms with E-state index in [1.807, 2.05) is 38.1 Å². The smallest absolute Gasteiger partial charge is 0.120 e. The molecule has 0 spiro atoms. The molecular weight excluding hydrogens is 274 g/mol. The first-order valence-electron chi connectivity index (χ1n) is 7.80. The number of benzene rings is 2. The summed E-state index contributed by atoms with van der Waals surface area (Å²) in [6.45, 7) is 5.08. The molecule has 3 rings (SSSR count). The van der Waals surface area contributed by atoms with Crippen molar-refractivity contribution in [1.29, 1.82) is 0 Å². The minimum Gasteiger partial charge on any atom is -0.508 e. The summed E-state index contributed by atoms with van der Waals surface area (Å²) in [4.78, 5) is 0. The van der Waals surface area contributed by atoms with Gasteiger partial charge in [0.05, 0.1) is 0 Å². The van der Waals surface area contributed by atoms with E-state index in [0.29, 0.717) is 18.8 Å². The molecule has 1 aliphatic carbocycles. The van der Waals surface area contributed by atoms with E-state index in [9.17, 15) is 10.2 Å². The standard InChI is InChI=1S/C19H23NO2/c1-13-9-16(18(21)10-14(13)2)11-20-12-19(22)8-7-15-5-3-4-6-17(15)19/h3-6,9-10,20-22H,7-8,11-12H2,1-2H3. The fraction of sp³-hybridized carbons (Fsp3) is 0.368. The van der Waals surface area contributed by atoms with Gasteiger partial charge in [0.1, 0.15) is 11.4 Å². The lowest BCUT2D eigenvalue weighted by molar-refractivity contribution is 0.0384. The summed E-state index contributed by atoms with van der Waals surface area (Å²) in [5.74, 6) is 0.314. The fourth-order valence-electron chi connectivity index (χ4n) is 3.26. The molecule has 3 heteroatoms. The first-order valence-corrected chi connectivity index (χ1v) is 7.80. The number of aliphatic hydroxyl groups is 1. The molecule has 0 radical (unpaired) electrons. The highest BCUT2D eigenvalue weighted by atomic mass is 16.3. The third-order valence-electron chi connectivity index (χ3n) is 4.75. The molecule has 0 aromatic heterocycles. The van der Waals surface area contributed by atoms with Crippen LogP contribution in [0, 0.1) is 13.8 Å². The normalized spacial score (nSPS) is 20.1. The molecule has 22 heavy (non-hydrogen) atoms. The van der Waals surface area contributed by atoms with Crippen LogP contribution in [0.5, 0.6) is 5.75 Å². The van der Waals surface area contributed by atoms with Crippen LogP contribution in [0.3, 0.4) is 0 Å². The minimum atomic E-state index is -0.800. The van der Waals surface area contributed by atoms with Crippen molar-refractivity contribution in [2.75, 3.05) is 6.54 Å². The van der Waals surface area contributed by atoms with E-state index in [1.54, 1.807) is 6.07 Å². The van der Waals surface area contributed by atoms with Gasteiger partial charge < -0.3 is 15.5 Å². The van der Waals surface area contributed by atoms with Crippen molar-refractivity contribution in [3.63, 3.8) is 0 Å². The molecule has 0 saturated heterocycles. The Morgan fingerprint density at radius 1 is 1.14 bits per heavy atom. The van der Waals surface area contributed by atoms with Crippen molar-refractivity contribution >= 4 is 0 Å². The largest absolute Gasteiger partial charge is 0.508 e. The Bertz CT molecular complexity index is 696. The van der Waals surface area contributed by atoms with Crippen LogP contribution < -0.4 is 5.32 Å². The Morgan fingerprint density at radius 3 is 2.68 bits per heavy atom. The van der Waals surface area contributed by atoms with E-state index < -0.39 is 5.60 Å². The molecule has 0 amide bonds. The maximum Gasteiger partial charge on any atom is 0.120 e. The predicted molar refractivity (Wildman–Crippen MR) is 87.9 cm³/mol. The molecule has 2 aromatic carbocycles. The summed E-state index contributed by atoms with van der Waals surface area (Å²) in [6, 6.07) is 11.9. The van der Waals surface area contributed by atoms with Crippen LogP contribution in [0.2, 0.25) is 0 Å². The quantitative estimate of drug-likeness (QED) is 0.813. The maximum atomic E-state index is 10.9. The highest BCUT2D eigenvalue weighted by Crippen LogP contribution is 2.36. The molecule has 116 valence electrons. The lowest BCUT2D eigenvalue weighted by Gasteiger charge is -2.24. The number of rotatable bonds is 4. The first kappa shape index (κ1) is 15.1.